The molecule has 9 heteroatoms. The van der Waals surface area contributed by atoms with Crippen LogP contribution in [-0.2, 0) is 14.4 Å². The van der Waals surface area contributed by atoms with E-state index in [9.17, 15) is 14.4 Å². The van der Waals surface area contributed by atoms with E-state index in [4.69, 9.17) is 17.0 Å². The molecule has 2 rings (SSSR count). The van der Waals surface area contributed by atoms with Crippen LogP contribution in [0.3, 0.4) is 0 Å². The predicted molar refractivity (Wildman–Crippen MR) is 100 cm³/mol. The number of ether oxygens (including phenoxy) is 1. The van der Waals surface area contributed by atoms with Crippen LogP contribution in [0.1, 0.15) is 32.6 Å². The van der Waals surface area contributed by atoms with E-state index in [1.165, 1.54) is 0 Å². The zero-order chi connectivity index (χ0) is 18.9. The van der Waals surface area contributed by atoms with Gasteiger partial charge in [-0.1, -0.05) is 0 Å². The van der Waals surface area contributed by atoms with E-state index in [1.54, 1.807) is 24.3 Å². The number of amides is 3. The molecule has 0 aliphatic heterocycles. The first-order valence-electron chi connectivity index (χ1n) is 8.40. The van der Waals surface area contributed by atoms with Crippen LogP contribution in [0, 0.1) is 5.92 Å². The summed E-state index contributed by atoms with van der Waals surface area (Å²) >= 11 is 4.90. The summed E-state index contributed by atoms with van der Waals surface area (Å²) in [5.41, 5.74) is 5.41. The van der Waals surface area contributed by atoms with Crippen LogP contribution in [-0.4, -0.2) is 29.4 Å². The minimum Gasteiger partial charge on any atom is -0.494 e. The monoisotopic (exact) mass is 378 g/mol. The van der Waals surface area contributed by atoms with Gasteiger partial charge in [0.1, 0.15) is 5.75 Å². The first-order chi connectivity index (χ1) is 12.5. The van der Waals surface area contributed by atoms with Crippen molar-refractivity contribution in [2.45, 2.75) is 32.6 Å². The van der Waals surface area contributed by atoms with Crippen molar-refractivity contribution in [1.82, 2.24) is 16.2 Å². The number of thiocarbonyl (C=S) groups is 1. The van der Waals surface area contributed by atoms with E-state index in [0.717, 1.165) is 18.6 Å². The van der Waals surface area contributed by atoms with Crippen LogP contribution in [0.15, 0.2) is 24.3 Å². The molecule has 0 unspecified atom stereocenters. The summed E-state index contributed by atoms with van der Waals surface area (Å²) in [6.45, 7) is 2.46. The molecule has 26 heavy (non-hydrogen) atoms. The average Bonchev–Trinajstić information content (AvgIpc) is 3.45. The lowest BCUT2D eigenvalue weighted by Gasteiger charge is -2.10. The summed E-state index contributed by atoms with van der Waals surface area (Å²) in [5, 5.41) is 5.22. The third-order valence-electron chi connectivity index (χ3n) is 3.53. The molecule has 0 spiro atoms. The van der Waals surface area contributed by atoms with Gasteiger partial charge in [-0.25, -0.2) is 0 Å². The Bertz CT molecular complexity index is 674. The molecule has 1 aromatic carbocycles. The molecule has 1 aliphatic rings. The molecule has 1 aliphatic carbocycles. The zero-order valence-electron chi connectivity index (χ0n) is 14.5. The van der Waals surface area contributed by atoms with Crippen molar-refractivity contribution < 1.29 is 19.1 Å². The third kappa shape index (κ3) is 7.06. The molecule has 1 saturated carbocycles. The lowest BCUT2D eigenvalue weighted by atomic mass is 10.2. The molecule has 0 radical (unpaired) electrons. The van der Waals surface area contributed by atoms with Crippen molar-refractivity contribution in [2.75, 3.05) is 11.9 Å². The number of carbonyl (C=O) groups is 3. The molecule has 0 heterocycles. The Hall–Kier alpha value is -2.68. The quantitative estimate of drug-likeness (QED) is 0.420. The second kappa shape index (κ2) is 9.71. The summed E-state index contributed by atoms with van der Waals surface area (Å²) in [7, 11) is 0. The van der Waals surface area contributed by atoms with Gasteiger partial charge in [-0.3, -0.25) is 25.2 Å². The summed E-state index contributed by atoms with van der Waals surface area (Å²) in [6, 6.07) is 6.97. The highest BCUT2D eigenvalue weighted by molar-refractivity contribution is 7.80. The van der Waals surface area contributed by atoms with E-state index in [1.807, 2.05) is 6.92 Å². The van der Waals surface area contributed by atoms with Crippen molar-refractivity contribution >= 4 is 40.7 Å². The molecule has 3 amide bonds. The smallest absolute Gasteiger partial charge is 0.238 e. The molecule has 4 N–H and O–H groups in total. The Labute approximate surface area is 157 Å². The molecule has 8 nitrogen and oxygen atoms in total. The van der Waals surface area contributed by atoms with Crippen molar-refractivity contribution in [3.63, 3.8) is 0 Å². The number of nitrogens with one attached hydrogen (secondary N) is 4. The molecule has 140 valence electrons. The van der Waals surface area contributed by atoms with Crippen LogP contribution < -0.4 is 26.2 Å². The Kier molecular flexibility index (Phi) is 7.34. The normalized spacial score (nSPS) is 12.7. The second-order valence-corrected chi connectivity index (χ2v) is 6.18. The van der Waals surface area contributed by atoms with E-state index < -0.39 is 5.91 Å². The Morgan fingerprint density at radius 3 is 2.35 bits per heavy atom. The number of hydrogen-bond acceptors (Lipinski definition) is 5. The van der Waals surface area contributed by atoms with Crippen LogP contribution in [0.4, 0.5) is 5.69 Å². The predicted octanol–water partition coefficient (Wildman–Crippen LogP) is 1.24. The van der Waals surface area contributed by atoms with E-state index >= 15 is 0 Å². The van der Waals surface area contributed by atoms with Crippen LogP contribution in [0.25, 0.3) is 0 Å². The van der Waals surface area contributed by atoms with Crippen LogP contribution in [0.5, 0.6) is 5.75 Å². The lowest BCUT2D eigenvalue weighted by Crippen LogP contribution is -2.48. The molecule has 1 aromatic rings. The maximum Gasteiger partial charge on any atom is 0.238 e. The van der Waals surface area contributed by atoms with Gasteiger partial charge in [-0.15, -0.1) is 0 Å². The maximum atomic E-state index is 11.9. The van der Waals surface area contributed by atoms with Crippen molar-refractivity contribution in [3.05, 3.63) is 24.3 Å². The summed E-state index contributed by atoms with van der Waals surface area (Å²) in [5.74, 6) is -0.0901. The van der Waals surface area contributed by atoms with Crippen LogP contribution in [0.2, 0.25) is 0 Å². The standard InChI is InChI=1S/C17H22N4O4S/c1-2-25-13-7-5-12(6-8-13)18-14(22)9-10-15(23)20-21-17(26)19-16(24)11-3-4-11/h5-8,11H,2-4,9-10H2,1H3,(H,18,22)(H,20,23)(H2,19,21,24,26). The maximum absolute atomic E-state index is 11.9. The van der Waals surface area contributed by atoms with Gasteiger partial charge in [-0.2, -0.15) is 0 Å². The van der Waals surface area contributed by atoms with Gasteiger partial charge in [0.25, 0.3) is 0 Å². The van der Waals surface area contributed by atoms with Crippen molar-refractivity contribution in [3.8, 4) is 5.75 Å². The minimum absolute atomic E-state index is 0.0158. The second-order valence-electron chi connectivity index (χ2n) is 5.77. The highest BCUT2D eigenvalue weighted by Gasteiger charge is 2.30. The van der Waals surface area contributed by atoms with E-state index in [2.05, 4.69) is 21.5 Å². The summed E-state index contributed by atoms with van der Waals surface area (Å²) in [4.78, 5) is 35.1. The SMILES string of the molecule is CCOc1ccc(NC(=O)CCC(=O)NNC(=S)NC(=O)C2CC2)cc1. The Balaban J connectivity index is 1.62. The van der Waals surface area contributed by atoms with Crippen LogP contribution >= 0.6 is 12.2 Å². The van der Waals surface area contributed by atoms with Gasteiger partial charge in [0.05, 0.1) is 6.61 Å². The largest absolute Gasteiger partial charge is 0.494 e. The van der Waals surface area contributed by atoms with Gasteiger partial charge in [0.15, 0.2) is 5.11 Å². The van der Waals surface area contributed by atoms with Crippen molar-refractivity contribution in [2.24, 2.45) is 5.92 Å². The fraction of sp³-hybridized carbons (Fsp3) is 0.412. The molecular weight excluding hydrogens is 356 g/mol. The van der Waals surface area contributed by atoms with Gasteiger partial charge in [-0.05, 0) is 56.2 Å². The highest BCUT2D eigenvalue weighted by atomic mass is 32.1. The fourth-order valence-electron chi connectivity index (χ4n) is 2.03. The number of rotatable bonds is 7. The number of carbonyl (C=O) groups excluding carboxylic acids is 3. The molecule has 0 aromatic heterocycles. The van der Waals surface area contributed by atoms with Gasteiger partial charge >= 0.3 is 0 Å². The van der Waals surface area contributed by atoms with E-state index in [0.29, 0.717) is 12.3 Å². The Morgan fingerprint density at radius 1 is 1.08 bits per heavy atom. The first-order valence-corrected chi connectivity index (χ1v) is 8.81. The topological polar surface area (TPSA) is 109 Å². The number of anilines is 1. The van der Waals surface area contributed by atoms with E-state index in [-0.39, 0.29) is 35.7 Å². The minimum atomic E-state index is -0.408. The first kappa shape index (κ1) is 19.6. The van der Waals surface area contributed by atoms with Gasteiger partial charge < -0.3 is 15.4 Å². The zero-order valence-corrected chi connectivity index (χ0v) is 15.3. The Morgan fingerprint density at radius 2 is 1.73 bits per heavy atom. The molecular formula is C17H22N4O4S. The summed E-state index contributed by atoms with van der Waals surface area (Å²) in [6.07, 6.45) is 1.73. The fourth-order valence-corrected chi connectivity index (χ4v) is 2.18. The summed E-state index contributed by atoms with van der Waals surface area (Å²) < 4.78 is 5.32. The molecule has 0 saturated heterocycles. The average molecular weight is 378 g/mol. The highest BCUT2D eigenvalue weighted by Crippen LogP contribution is 2.28. The number of hydrogen-bond donors (Lipinski definition) is 4. The lowest BCUT2D eigenvalue weighted by molar-refractivity contribution is -0.124. The number of benzene rings is 1. The molecule has 0 bridgehead atoms. The number of hydrazine groups is 1. The third-order valence-corrected chi connectivity index (χ3v) is 3.73. The van der Waals surface area contributed by atoms with Gasteiger partial charge in [0, 0.05) is 24.4 Å². The molecule has 1 fully saturated rings. The van der Waals surface area contributed by atoms with Crippen molar-refractivity contribution in [1.29, 1.82) is 0 Å². The molecule has 0 atom stereocenters. The van der Waals surface area contributed by atoms with Gasteiger partial charge in [0.2, 0.25) is 17.7 Å².